The molecule has 0 aromatic heterocycles. The summed E-state index contributed by atoms with van der Waals surface area (Å²) in [6, 6.07) is 4.64. The zero-order valence-corrected chi connectivity index (χ0v) is 11.8. The summed E-state index contributed by atoms with van der Waals surface area (Å²) in [5, 5.41) is 11.1. The third-order valence-electron chi connectivity index (χ3n) is 4.11. The van der Waals surface area contributed by atoms with Crippen molar-refractivity contribution in [2.24, 2.45) is 11.7 Å². The van der Waals surface area contributed by atoms with Crippen molar-refractivity contribution < 1.29 is 4.92 Å². The topological polar surface area (TPSA) is 69.2 Å². The summed E-state index contributed by atoms with van der Waals surface area (Å²) in [7, 11) is 0. The molecule has 4 nitrogen and oxygen atoms in total. The third-order valence-corrected chi connectivity index (χ3v) is 4.46. The fourth-order valence-electron chi connectivity index (χ4n) is 2.95. The Morgan fingerprint density at radius 2 is 2.32 bits per heavy atom. The molecule has 1 fully saturated rings. The van der Waals surface area contributed by atoms with Crippen LogP contribution in [0, 0.1) is 16.0 Å². The summed E-state index contributed by atoms with van der Waals surface area (Å²) in [4.78, 5) is 10.2. The van der Waals surface area contributed by atoms with E-state index < -0.39 is 4.92 Å². The highest BCUT2D eigenvalue weighted by molar-refractivity contribution is 6.31. The summed E-state index contributed by atoms with van der Waals surface area (Å²) in [6.07, 6.45) is 5.03. The number of nitrogens with two attached hydrogens (primary N) is 1. The first-order valence-corrected chi connectivity index (χ1v) is 7.03. The van der Waals surface area contributed by atoms with Crippen LogP contribution in [-0.2, 0) is 6.42 Å². The van der Waals surface area contributed by atoms with Gasteiger partial charge in [0.2, 0.25) is 0 Å². The van der Waals surface area contributed by atoms with Crippen LogP contribution in [0.5, 0.6) is 0 Å². The molecule has 1 aliphatic carbocycles. The smallest absolute Gasteiger partial charge is 0.270 e. The summed E-state index contributed by atoms with van der Waals surface area (Å²) in [5.41, 5.74) is 7.16. The van der Waals surface area contributed by atoms with Gasteiger partial charge in [-0.3, -0.25) is 10.1 Å². The van der Waals surface area contributed by atoms with Crippen molar-refractivity contribution in [3.63, 3.8) is 0 Å². The van der Waals surface area contributed by atoms with E-state index in [2.05, 4.69) is 6.92 Å². The van der Waals surface area contributed by atoms with Gasteiger partial charge in [-0.15, -0.1) is 0 Å². The highest BCUT2D eigenvalue weighted by Crippen LogP contribution is 2.38. The maximum absolute atomic E-state index is 10.7. The molecule has 1 aromatic carbocycles. The molecule has 0 saturated heterocycles. The minimum atomic E-state index is -0.434. The van der Waals surface area contributed by atoms with Crippen molar-refractivity contribution in [1.29, 1.82) is 0 Å². The fourth-order valence-corrected chi connectivity index (χ4v) is 3.19. The Balaban J connectivity index is 2.13. The van der Waals surface area contributed by atoms with Gasteiger partial charge in [0.05, 0.1) is 9.95 Å². The Hall–Kier alpha value is -1.13. The lowest BCUT2D eigenvalue weighted by Gasteiger charge is -2.24. The molecule has 0 radical (unpaired) electrons. The van der Waals surface area contributed by atoms with Crippen molar-refractivity contribution in [2.75, 3.05) is 0 Å². The number of nitro benzene ring substituents is 1. The van der Waals surface area contributed by atoms with E-state index in [0.29, 0.717) is 17.4 Å². The second-order valence-corrected chi connectivity index (χ2v) is 6.00. The molecule has 0 heterocycles. The number of rotatable bonds is 4. The Bertz CT molecular complexity index is 492. The van der Waals surface area contributed by atoms with Crippen molar-refractivity contribution >= 4 is 17.3 Å². The lowest BCUT2D eigenvalue weighted by molar-refractivity contribution is -0.384. The highest BCUT2D eigenvalue weighted by Gasteiger charge is 2.35. The zero-order chi connectivity index (χ0) is 14.0. The van der Waals surface area contributed by atoms with Crippen LogP contribution >= 0.6 is 11.6 Å². The minimum absolute atomic E-state index is 0.0256. The number of nitrogens with zero attached hydrogens (tertiary/aromatic N) is 1. The first-order chi connectivity index (χ1) is 8.93. The van der Waals surface area contributed by atoms with E-state index in [-0.39, 0.29) is 11.2 Å². The Morgan fingerprint density at radius 3 is 2.84 bits per heavy atom. The van der Waals surface area contributed by atoms with Gasteiger partial charge >= 0.3 is 0 Å². The summed E-state index contributed by atoms with van der Waals surface area (Å²) < 4.78 is 0. The van der Waals surface area contributed by atoms with Gasteiger partial charge in [-0.2, -0.15) is 0 Å². The maximum Gasteiger partial charge on any atom is 0.270 e. The van der Waals surface area contributed by atoms with Gasteiger partial charge in [0.15, 0.2) is 0 Å². The molecule has 104 valence electrons. The number of hydrogen-bond acceptors (Lipinski definition) is 3. The standard InChI is InChI=1S/C14H19ClN2O2/c1-2-10-5-6-14(16,8-10)9-11-3-4-12(17(18)19)7-13(11)15/h3-4,7,10H,2,5-6,8-9,16H2,1H3. The van der Waals surface area contributed by atoms with E-state index >= 15 is 0 Å². The molecule has 19 heavy (non-hydrogen) atoms. The van der Waals surface area contributed by atoms with E-state index in [1.54, 1.807) is 6.07 Å². The molecule has 2 atom stereocenters. The SMILES string of the molecule is CCC1CCC(N)(Cc2ccc([N+](=O)[O-])cc2Cl)C1. The molecule has 0 aliphatic heterocycles. The molecule has 2 rings (SSSR count). The average Bonchev–Trinajstić information content (AvgIpc) is 2.73. The monoisotopic (exact) mass is 282 g/mol. The van der Waals surface area contributed by atoms with Crippen LogP contribution < -0.4 is 5.73 Å². The van der Waals surface area contributed by atoms with Gasteiger partial charge in [-0.1, -0.05) is 31.0 Å². The highest BCUT2D eigenvalue weighted by atomic mass is 35.5. The molecule has 1 aliphatic rings. The number of benzene rings is 1. The molecule has 0 bridgehead atoms. The minimum Gasteiger partial charge on any atom is -0.325 e. The van der Waals surface area contributed by atoms with Crippen LogP contribution in [0.15, 0.2) is 18.2 Å². The first kappa shape index (κ1) is 14.3. The summed E-state index contributed by atoms with van der Waals surface area (Å²) in [5.74, 6) is 0.696. The van der Waals surface area contributed by atoms with Gasteiger partial charge in [0.1, 0.15) is 0 Å². The van der Waals surface area contributed by atoms with E-state index in [0.717, 1.165) is 31.2 Å². The second kappa shape index (κ2) is 5.47. The van der Waals surface area contributed by atoms with E-state index in [1.165, 1.54) is 12.1 Å². The lowest BCUT2D eigenvalue weighted by atomic mass is 9.89. The molecule has 0 amide bonds. The van der Waals surface area contributed by atoms with Gasteiger partial charge in [-0.05, 0) is 37.2 Å². The second-order valence-electron chi connectivity index (χ2n) is 5.59. The Labute approximate surface area is 118 Å². The average molecular weight is 283 g/mol. The van der Waals surface area contributed by atoms with Gasteiger partial charge in [0, 0.05) is 17.7 Å². The molecule has 1 aromatic rings. The predicted octanol–water partition coefficient (Wildman–Crippen LogP) is 3.70. The molecular weight excluding hydrogens is 264 g/mol. The molecule has 0 spiro atoms. The lowest BCUT2D eigenvalue weighted by Crippen LogP contribution is -2.39. The number of nitro groups is 1. The molecule has 1 saturated carbocycles. The fraction of sp³-hybridized carbons (Fsp3) is 0.571. The zero-order valence-electron chi connectivity index (χ0n) is 11.1. The van der Waals surface area contributed by atoms with Crippen LogP contribution in [0.1, 0.15) is 38.2 Å². The third kappa shape index (κ3) is 3.25. The van der Waals surface area contributed by atoms with Crippen LogP contribution in [-0.4, -0.2) is 10.5 Å². The van der Waals surface area contributed by atoms with Crippen LogP contribution in [0.25, 0.3) is 0 Å². The van der Waals surface area contributed by atoms with Gasteiger partial charge in [0.25, 0.3) is 5.69 Å². The molecule has 2 unspecified atom stereocenters. The molecule has 5 heteroatoms. The summed E-state index contributed by atoms with van der Waals surface area (Å²) in [6.45, 7) is 2.19. The van der Waals surface area contributed by atoms with Crippen molar-refractivity contribution in [3.05, 3.63) is 38.9 Å². The first-order valence-electron chi connectivity index (χ1n) is 6.65. The summed E-state index contributed by atoms with van der Waals surface area (Å²) >= 11 is 6.12. The van der Waals surface area contributed by atoms with E-state index in [9.17, 15) is 10.1 Å². The van der Waals surface area contributed by atoms with Gasteiger partial charge in [-0.25, -0.2) is 0 Å². The molecule has 2 N–H and O–H groups in total. The van der Waals surface area contributed by atoms with Crippen molar-refractivity contribution in [2.45, 2.75) is 44.6 Å². The normalized spacial score (nSPS) is 26.6. The molecular formula is C14H19ClN2O2. The Morgan fingerprint density at radius 1 is 1.58 bits per heavy atom. The number of halogens is 1. The van der Waals surface area contributed by atoms with Crippen molar-refractivity contribution in [1.82, 2.24) is 0 Å². The van der Waals surface area contributed by atoms with Gasteiger partial charge < -0.3 is 5.73 Å². The maximum atomic E-state index is 10.7. The number of hydrogen-bond donors (Lipinski definition) is 1. The van der Waals surface area contributed by atoms with E-state index in [1.807, 2.05) is 0 Å². The van der Waals surface area contributed by atoms with Crippen molar-refractivity contribution in [3.8, 4) is 0 Å². The predicted molar refractivity (Wildman–Crippen MR) is 76.4 cm³/mol. The van der Waals surface area contributed by atoms with Crippen LogP contribution in [0.4, 0.5) is 5.69 Å². The van der Waals surface area contributed by atoms with Crippen LogP contribution in [0.3, 0.4) is 0 Å². The Kier molecular flexibility index (Phi) is 4.11. The van der Waals surface area contributed by atoms with Crippen LogP contribution in [0.2, 0.25) is 5.02 Å². The van der Waals surface area contributed by atoms with E-state index in [4.69, 9.17) is 17.3 Å². The quantitative estimate of drug-likeness (QED) is 0.676. The number of non-ortho nitro benzene ring substituents is 1. The largest absolute Gasteiger partial charge is 0.325 e.